The zero-order valence-electron chi connectivity index (χ0n) is 15.7. The maximum absolute atomic E-state index is 12.7. The molecule has 26 heavy (non-hydrogen) atoms. The van der Waals surface area contributed by atoms with E-state index in [9.17, 15) is 9.59 Å². The van der Waals surface area contributed by atoms with E-state index in [0.717, 1.165) is 19.4 Å². The fourth-order valence-corrected chi connectivity index (χ4v) is 3.18. The zero-order chi connectivity index (χ0) is 19.1. The van der Waals surface area contributed by atoms with Crippen molar-refractivity contribution in [3.63, 3.8) is 0 Å². The summed E-state index contributed by atoms with van der Waals surface area (Å²) in [6.07, 6.45) is 2.72. The van der Waals surface area contributed by atoms with Gasteiger partial charge in [-0.15, -0.1) is 0 Å². The predicted molar refractivity (Wildman–Crippen MR) is 106 cm³/mol. The summed E-state index contributed by atoms with van der Waals surface area (Å²) in [5.74, 6) is -0.0218. The summed E-state index contributed by atoms with van der Waals surface area (Å²) in [7, 11) is 1.63. The highest BCUT2D eigenvalue weighted by Gasteiger charge is 2.15. The highest BCUT2D eigenvalue weighted by molar-refractivity contribution is 7.71. The molecule has 1 aromatic carbocycles. The maximum Gasteiger partial charge on any atom is 0.262 e. The van der Waals surface area contributed by atoms with Gasteiger partial charge in [0, 0.05) is 38.9 Å². The first-order valence-electron chi connectivity index (χ1n) is 9.08. The third-order valence-corrected chi connectivity index (χ3v) is 4.73. The van der Waals surface area contributed by atoms with Crippen molar-refractivity contribution in [1.82, 2.24) is 14.5 Å². The van der Waals surface area contributed by atoms with Crippen LogP contribution in [0.3, 0.4) is 0 Å². The van der Waals surface area contributed by atoms with Crippen LogP contribution in [0.25, 0.3) is 10.9 Å². The van der Waals surface area contributed by atoms with Gasteiger partial charge >= 0.3 is 0 Å². The molecule has 0 saturated carbocycles. The Labute approximate surface area is 158 Å². The Hall–Kier alpha value is -1.99. The Morgan fingerprint density at radius 1 is 1.31 bits per heavy atom. The lowest BCUT2D eigenvalue weighted by atomic mass is 10.1. The molecule has 0 aliphatic rings. The van der Waals surface area contributed by atoms with Gasteiger partial charge in [-0.3, -0.25) is 14.2 Å². The number of ether oxygens (including phenoxy) is 1. The molecule has 2 aromatic rings. The van der Waals surface area contributed by atoms with E-state index < -0.39 is 0 Å². The van der Waals surface area contributed by atoms with E-state index in [1.165, 1.54) is 4.57 Å². The van der Waals surface area contributed by atoms with Gasteiger partial charge in [0.05, 0.1) is 10.9 Å². The van der Waals surface area contributed by atoms with Crippen LogP contribution in [0.2, 0.25) is 0 Å². The van der Waals surface area contributed by atoms with Crippen molar-refractivity contribution in [1.29, 1.82) is 0 Å². The summed E-state index contributed by atoms with van der Waals surface area (Å²) in [5.41, 5.74) is 1.02. The second-order valence-electron chi connectivity index (χ2n) is 6.23. The Kier molecular flexibility index (Phi) is 7.53. The molecule has 2 rings (SSSR count). The normalized spacial score (nSPS) is 11.0. The van der Waals surface area contributed by atoms with Crippen LogP contribution in [0.15, 0.2) is 23.0 Å². The molecule has 1 N–H and O–H groups in total. The molecule has 0 unspecified atom stereocenters. The summed E-state index contributed by atoms with van der Waals surface area (Å²) >= 11 is 5.33. The number of hydrogen-bond donors (Lipinski definition) is 1. The fraction of sp³-hybridized carbons (Fsp3) is 0.526. The minimum atomic E-state index is -0.141. The second kappa shape index (κ2) is 9.64. The van der Waals surface area contributed by atoms with Crippen LogP contribution in [-0.4, -0.2) is 47.2 Å². The third-order valence-electron chi connectivity index (χ3n) is 4.41. The predicted octanol–water partition coefficient (Wildman–Crippen LogP) is 3.36. The van der Waals surface area contributed by atoms with E-state index in [-0.39, 0.29) is 11.5 Å². The summed E-state index contributed by atoms with van der Waals surface area (Å²) in [4.78, 5) is 30.3. The second-order valence-corrected chi connectivity index (χ2v) is 6.62. The maximum atomic E-state index is 12.7. The topological polar surface area (TPSA) is 67.3 Å². The van der Waals surface area contributed by atoms with Crippen molar-refractivity contribution in [2.24, 2.45) is 0 Å². The summed E-state index contributed by atoms with van der Waals surface area (Å²) < 4.78 is 6.93. The average Bonchev–Trinajstić information content (AvgIpc) is 2.64. The average molecular weight is 378 g/mol. The number of methoxy groups -OCH3 is 1. The minimum Gasteiger partial charge on any atom is -0.385 e. The Bertz CT molecular complexity index is 872. The van der Waals surface area contributed by atoms with Crippen molar-refractivity contribution in [3.05, 3.63) is 38.9 Å². The molecule has 1 aromatic heterocycles. The number of aromatic nitrogens is 2. The third kappa shape index (κ3) is 4.59. The highest BCUT2D eigenvalue weighted by atomic mass is 32.1. The minimum absolute atomic E-state index is 0.0218. The summed E-state index contributed by atoms with van der Waals surface area (Å²) in [6, 6.07) is 5.15. The molecule has 0 radical (unpaired) electrons. The largest absolute Gasteiger partial charge is 0.385 e. The van der Waals surface area contributed by atoms with E-state index in [1.54, 1.807) is 25.3 Å². The standard InChI is InChI=1S/C19H27N3O3S/c1-4-6-10-21(5-2)17(23)14-8-9-15-16(13-14)20-19(26)22(18(15)24)11-7-12-25-3/h8-9,13H,4-7,10-12H2,1-3H3,(H,20,26). The van der Waals surface area contributed by atoms with Gasteiger partial charge in [-0.25, -0.2) is 0 Å². The number of carbonyl (C=O) groups excluding carboxylic acids is 1. The summed E-state index contributed by atoms with van der Waals surface area (Å²) in [5, 5.41) is 0.532. The molecule has 0 atom stereocenters. The van der Waals surface area contributed by atoms with Gasteiger partial charge in [0.15, 0.2) is 4.77 Å². The van der Waals surface area contributed by atoms with Crippen LogP contribution in [0.5, 0.6) is 0 Å². The Balaban J connectivity index is 2.37. The van der Waals surface area contributed by atoms with Gasteiger partial charge in [0.1, 0.15) is 0 Å². The number of aromatic amines is 1. The quantitative estimate of drug-likeness (QED) is 0.537. The zero-order valence-corrected chi connectivity index (χ0v) is 16.5. The number of carbonyl (C=O) groups is 1. The monoisotopic (exact) mass is 377 g/mol. The lowest BCUT2D eigenvalue weighted by Crippen LogP contribution is -2.31. The van der Waals surface area contributed by atoms with Gasteiger partial charge < -0.3 is 14.6 Å². The van der Waals surface area contributed by atoms with Crippen LogP contribution >= 0.6 is 12.2 Å². The number of amides is 1. The first-order chi connectivity index (χ1) is 12.5. The van der Waals surface area contributed by atoms with Gasteiger partial charge in [-0.2, -0.15) is 0 Å². The number of rotatable bonds is 9. The van der Waals surface area contributed by atoms with Crippen LogP contribution in [-0.2, 0) is 11.3 Å². The van der Waals surface area contributed by atoms with E-state index >= 15 is 0 Å². The molecule has 0 aliphatic heterocycles. The van der Waals surface area contributed by atoms with Crippen molar-refractivity contribution < 1.29 is 9.53 Å². The number of hydrogen-bond acceptors (Lipinski definition) is 4. The van der Waals surface area contributed by atoms with E-state index in [4.69, 9.17) is 17.0 Å². The van der Waals surface area contributed by atoms with Gasteiger partial charge in [0.2, 0.25) is 0 Å². The number of fused-ring (bicyclic) bond motifs is 1. The van der Waals surface area contributed by atoms with E-state index in [2.05, 4.69) is 11.9 Å². The van der Waals surface area contributed by atoms with Crippen LogP contribution < -0.4 is 5.56 Å². The van der Waals surface area contributed by atoms with Gasteiger partial charge in [-0.1, -0.05) is 13.3 Å². The Morgan fingerprint density at radius 2 is 2.08 bits per heavy atom. The first kappa shape index (κ1) is 20.3. The van der Waals surface area contributed by atoms with Crippen molar-refractivity contribution in [3.8, 4) is 0 Å². The molecule has 142 valence electrons. The molecule has 0 fully saturated rings. The molecular weight excluding hydrogens is 350 g/mol. The number of unbranched alkanes of at least 4 members (excludes halogenated alkanes) is 1. The smallest absolute Gasteiger partial charge is 0.262 e. The van der Waals surface area contributed by atoms with Crippen molar-refractivity contribution >= 4 is 29.0 Å². The lowest BCUT2D eigenvalue weighted by molar-refractivity contribution is 0.0762. The van der Waals surface area contributed by atoms with E-state index in [0.29, 0.717) is 47.4 Å². The fourth-order valence-electron chi connectivity index (χ4n) is 2.89. The molecule has 1 heterocycles. The molecule has 1 amide bonds. The lowest BCUT2D eigenvalue weighted by Gasteiger charge is -2.20. The highest BCUT2D eigenvalue weighted by Crippen LogP contribution is 2.13. The van der Waals surface area contributed by atoms with Crippen molar-refractivity contribution in [2.75, 3.05) is 26.8 Å². The molecular formula is C19H27N3O3S. The number of H-pyrrole nitrogens is 1. The number of benzene rings is 1. The number of nitrogens with one attached hydrogen (secondary N) is 1. The van der Waals surface area contributed by atoms with Crippen LogP contribution in [0, 0.1) is 4.77 Å². The number of nitrogens with zero attached hydrogens (tertiary/aromatic N) is 2. The SMILES string of the molecule is CCCCN(CC)C(=O)c1ccc2c(=O)n(CCCOC)c(=S)[nH]c2c1. The van der Waals surface area contributed by atoms with Gasteiger partial charge in [-0.05, 0) is 50.2 Å². The Morgan fingerprint density at radius 3 is 2.73 bits per heavy atom. The van der Waals surface area contributed by atoms with Crippen LogP contribution in [0.4, 0.5) is 0 Å². The molecule has 6 nitrogen and oxygen atoms in total. The molecule has 0 aliphatic carbocycles. The van der Waals surface area contributed by atoms with Crippen molar-refractivity contribution in [2.45, 2.75) is 39.7 Å². The first-order valence-corrected chi connectivity index (χ1v) is 9.49. The molecule has 7 heteroatoms. The molecule has 0 saturated heterocycles. The van der Waals surface area contributed by atoms with Gasteiger partial charge in [0.25, 0.3) is 11.5 Å². The van der Waals surface area contributed by atoms with E-state index in [1.807, 2.05) is 11.8 Å². The summed E-state index contributed by atoms with van der Waals surface area (Å²) in [6.45, 7) is 6.54. The molecule has 0 bridgehead atoms. The molecule has 0 spiro atoms. The van der Waals surface area contributed by atoms with Crippen LogP contribution in [0.1, 0.15) is 43.5 Å².